The van der Waals surface area contributed by atoms with Gasteiger partial charge in [0.05, 0.1) is 0 Å². The zero-order valence-corrected chi connectivity index (χ0v) is 8.35. The summed E-state index contributed by atoms with van der Waals surface area (Å²) >= 11 is 0. The van der Waals surface area contributed by atoms with Crippen molar-refractivity contribution in [2.45, 2.75) is 39.5 Å². The molecule has 0 bridgehead atoms. The first-order valence-electron chi connectivity index (χ1n) is 3.70. The molecule has 0 saturated carbocycles. The van der Waals surface area contributed by atoms with Crippen molar-refractivity contribution in [3.05, 3.63) is 6.92 Å². The SMILES string of the molecule is CCCC(=O)O.[CH2-]CCC.[Fe]. The van der Waals surface area contributed by atoms with E-state index in [2.05, 4.69) is 13.8 Å². The van der Waals surface area contributed by atoms with E-state index in [9.17, 15) is 4.79 Å². The molecule has 0 aliphatic heterocycles. The van der Waals surface area contributed by atoms with E-state index in [1.54, 1.807) is 0 Å². The van der Waals surface area contributed by atoms with E-state index in [1.807, 2.05) is 6.92 Å². The van der Waals surface area contributed by atoms with Gasteiger partial charge < -0.3 is 12.0 Å². The first kappa shape index (κ1) is 17.2. The number of rotatable bonds is 3. The van der Waals surface area contributed by atoms with E-state index in [0.717, 1.165) is 12.8 Å². The molecule has 0 aliphatic rings. The van der Waals surface area contributed by atoms with Crippen LogP contribution in [0.2, 0.25) is 0 Å². The van der Waals surface area contributed by atoms with Crippen LogP contribution in [0.1, 0.15) is 39.5 Å². The summed E-state index contributed by atoms with van der Waals surface area (Å²) in [7, 11) is 0. The van der Waals surface area contributed by atoms with Crippen LogP contribution in [0.15, 0.2) is 0 Å². The summed E-state index contributed by atoms with van der Waals surface area (Å²) in [5, 5.41) is 7.91. The molecule has 0 radical (unpaired) electrons. The largest absolute Gasteiger partial charge is 0.481 e. The number of unbranched alkanes of at least 4 members (excludes halogenated alkanes) is 1. The van der Waals surface area contributed by atoms with Gasteiger partial charge in [-0.05, 0) is 6.42 Å². The second-order valence-corrected chi connectivity index (χ2v) is 2.00. The van der Waals surface area contributed by atoms with Crippen molar-refractivity contribution < 1.29 is 27.0 Å². The molecule has 0 saturated heterocycles. The summed E-state index contributed by atoms with van der Waals surface area (Å²) in [6.45, 7) is 7.56. The molecule has 0 unspecified atom stereocenters. The molecule has 0 aromatic carbocycles. The zero-order valence-electron chi connectivity index (χ0n) is 7.24. The van der Waals surface area contributed by atoms with Gasteiger partial charge >= 0.3 is 5.97 Å². The van der Waals surface area contributed by atoms with E-state index >= 15 is 0 Å². The quantitative estimate of drug-likeness (QED) is 0.562. The van der Waals surface area contributed by atoms with Crippen molar-refractivity contribution in [3.63, 3.8) is 0 Å². The summed E-state index contributed by atoms with van der Waals surface area (Å²) in [6, 6.07) is 0. The molecule has 3 heteroatoms. The van der Waals surface area contributed by atoms with Gasteiger partial charge in [0, 0.05) is 23.5 Å². The molecule has 0 aromatic rings. The van der Waals surface area contributed by atoms with Crippen LogP contribution in [0.4, 0.5) is 0 Å². The second kappa shape index (κ2) is 16.5. The molecule has 0 aliphatic carbocycles. The van der Waals surface area contributed by atoms with Crippen LogP contribution >= 0.6 is 0 Å². The smallest absolute Gasteiger partial charge is 0.303 e. The van der Waals surface area contributed by atoms with E-state index in [-0.39, 0.29) is 17.1 Å². The van der Waals surface area contributed by atoms with Gasteiger partial charge in [-0.1, -0.05) is 20.3 Å². The van der Waals surface area contributed by atoms with Crippen molar-refractivity contribution in [2.24, 2.45) is 0 Å². The Morgan fingerprint density at radius 1 is 1.36 bits per heavy atom. The maximum absolute atomic E-state index is 9.60. The number of hydrogen-bond donors (Lipinski definition) is 1. The second-order valence-electron chi connectivity index (χ2n) is 2.00. The number of carboxylic acid groups (broad SMARTS) is 1. The number of carboxylic acids is 1. The third-order valence-corrected chi connectivity index (χ3v) is 0.817. The van der Waals surface area contributed by atoms with Gasteiger partial charge in [0.25, 0.3) is 0 Å². The minimum absolute atomic E-state index is 0. The van der Waals surface area contributed by atoms with Crippen molar-refractivity contribution in [3.8, 4) is 0 Å². The predicted octanol–water partition coefficient (Wildman–Crippen LogP) is 2.49. The fourth-order valence-electron chi connectivity index (χ4n) is 0.214. The summed E-state index contributed by atoms with van der Waals surface area (Å²) < 4.78 is 0. The Morgan fingerprint density at radius 2 is 1.73 bits per heavy atom. The minimum atomic E-state index is -0.711. The van der Waals surface area contributed by atoms with Crippen molar-refractivity contribution in [2.75, 3.05) is 0 Å². The maximum Gasteiger partial charge on any atom is 0.303 e. The van der Waals surface area contributed by atoms with Crippen LogP contribution < -0.4 is 0 Å². The maximum atomic E-state index is 9.60. The molecule has 0 heterocycles. The molecule has 0 amide bonds. The van der Waals surface area contributed by atoms with Crippen molar-refractivity contribution in [1.29, 1.82) is 0 Å². The van der Waals surface area contributed by atoms with Gasteiger partial charge in [-0.15, -0.1) is 0 Å². The van der Waals surface area contributed by atoms with Crippen LogP contribution in [0.25, 0.3) is 0 Å². The Bertz CT molecular complexity index is 72.5. The van der Waals surface area contributed by atoms with Gasteiger partial charge in [-0.3, -0.25) is 4.79 Å². The average Bonchev–Trinajstić information content (AvgIpc) is 1.89. The van der Waals surface area contributed by atoms with Gasteiger partial charge in [0.2, 0.25) is 0 Å². The summed E-state index contributed by atoms with van der Waals surface area (Å²) in [5.41, 5.74) is 0. The molecule has 70 valence electrons. The van der Waals surface area contributed by atoms with Crippen LogP contribution in [0.3, 0.4) is 0 Å². The third-order valence-electron chi connectivity index (χ3n) is 0.817. The van der Waals surface area contributed by atoms with Gasteiger partial charge in [-0.2, -0.15) is 6.42 Å². The molecule has 0 fully saturated rings. The third kappa shape index (κ3) is 40.1. The van der Waals surface area contributed by atoms with E-state index in [0.29, 0.717) is 6.42 Å². The normalized spacial score (nSPS) is 7.18. The van der Waals surface area contributed by atoms with Gasteiger partial charge in [-0.25, -0.2) is 0 Å². The van der Waals surface area contributed by atoms with Crippen LogP contribution in [-0.4, -0.2) is 11.1 Å². The van der Waals surface area contributed by atoms with Gasteiger partial charge in [0.15, 0.2) is 0 Å². The predicted molar refractivity (Wildman–Crippen MR) is 42.8 cm³/mol. The Labute approximate surface area is 79.9 Å². The monoisotopic (exact) mass is 201 g/mol. The molecule has 0 spiro atoms. The Balaban J connectivity index is -0.000000114. The summed E-state index contributed by atoms with van der Waals surface area (Å²) in [5.74, 6) is -0.711. The van der Waals surface area contributed by atoms with Crippen LogP contribution in [-0.2, 0) is 21.9 Å². The van der Waals surface area contributed by atoms with Crippen LogP contribution in [0, 0.1) is 6.92 Å². The number of aliphatic carboxylic acids is 1. The van der Waals surface area contributed by atoms with Crippen molar-refractivity contribution in [1.82, 2.24) is 0 Å². The van der Waals surface area contributed by atoms with Crippen LogP contribution in [0.5, 0.6) is 0 Å². The molecule has 0 atom stereocenters. The first-order valence-corrected chi connectivity index (χ1v) is 3.70. The standard InChI is InChI=1S/C4H8O2.C4H9.Fe/c1-2-3-4(5)6;1-3-4-2;/h2-3H2,1H3,(H,5,6);1,3-4H2,2H3;/q;-1;. The van der Waals surface area contributed by atoms with Gasteiger partial charge in [0.1, 0.15) is 0 Å². The average molecular weight is 201 g/mol. The first-order chi connectivity index (χ1) is 4.68. The zero-order chi connectivity index (χ0) is 8.41. The molecule has 0 aromatic heterocycles. The number of carbonyl (C=O) groups is 1. The molecule has 0 rings (SSSR count). The van der Waals surface area contributed by atoms with E-state index in [4.69, 9.17) is 5.11 Å². The molecular formula is C8H17FeO2-. The Morgan fingerprint density at radius 3 is 1.73 bits per heavy atom. The topological polar surface area (TPSA) is 37.3 Å². The summed E-state index contributed by atoms with van der Waals surface area (Å²) in [4.78, 5) is 9.60. The molecule has 1 N–H and O–H groups in total. The Hall–Kier alpha value is -0.0105. The summed E-state index contributed by atoms with van der Waals surface area (Å²) in [6.07, 6.45) is 3.30. The van der Waals surface area contributed by atoms with E-state index in [1.165, 1.54) is 6.42 Å². The van der Waals surface area contributed by atoms with Crippen molar-refractivity contribution >= 4 is 5.97 Å². The molecule has 11 heavy (non-hydrogen) atoms. The fraction of sp³-hybridized carbons (Fsp3) is 0.750. The van der Waals surface area contributed by atoms with E-state index < -0.39 is 5.97 Å². The number of hydrogen-bond acceptors (Lipinski definition) is 1. The Kier molecular flexibility index (Phi) is 25.8. The fourth-order valence-corrected chi connectivity index (χ4v) is 0.214. The minimum Gasteiger partial charge on any atom is -0.481 e. The molecular weight excluding hydrogens is 184 g/mol. The molecule has 2 nitrogen and oxygen atoms in total.